The molecule has 1 N–H and O–H groups in total. The first-order valence-electron chi connectivity index (χ1n) is 6.46. The second-order valence-corrected chi connectivity index (χ2v) is 4.99. The van der Waals surface area contributed by atoms with Crippen molar-refractivity contribution in [3.05, 3.63) is 0 Å². The molecule has 0 radical (unpaired) electrons. The van der Waals surface area contributed by atoms with Crippen LogP contribution in [0.2, 0.25) is 0 Å². The number of nitrogens with zero attached hydrogens (tertiary/aromatic N) is 2. The molecule has 4 heteroatoms. The Bertz CT molecular complexity index is 302. The van der Waals surface area contributed by atoms with Gasteiger partial charge >= 0.3 is 0 Å². The summed E-state index contributed by atoms with van der Waals surface area (Å²) in [4.78, 5) is 14.3. The van der Waals surface area contributed by atoms with Crippen LogP contribution in [0.5, 0.6) is 0 Å². The number of amides is 1. The number of likely N-dealkylation sites (N-methyl/N-ethyl adjacent to an activating group) is 1. The first kappa shape index (κ1) is 14.0. The van der Waals surface area contributed by atoms with Gasteiger partial charge in [-0.05, 0) is 32.7 Å². The van der Waals surface area contributed by atoms with Crippen molar-refractivity contribution in [1.29, 1.82) is 5.26 Å². The summed E-state index contributed by atoms with van der Waals surface area (Å²) < 4.78 is 0. The maximum atomic E-state index is 12.5. The monoisotopic (exact) mass is 237 g/mol. The predicted octanol–water partition coefficient (Wildman–Crippen LogP) is 1.67. The summed E-state index contributed by atoms with van der Waals surface area (Å²) in [6, 6.07) is 2.11. The van der Waals surface area contributed by atoms with Gasteiger partial charge in [0.2, 0.25) is 5.91 Å². The zero-order valence-corrected chi connectivity index (χ0v) is 11.1. The summed E-state index contributed by atoms with van der Waals surface area (Å²) in [5.74, 6) is 0.152. The summed E-state index contributed by atoms with van der Waals surface area (Å²) in [5.41, 5.74) is -0.368. The Hall–Kier alpha value is -1.08. The minimum Gasteiger partial charge on any atom is -0.340 e. The van der Waals surface area contributed by atoms with E-state index in [-0.39, 0.29) is 17.5 Å². The second-order valence-electron chi connectivity index (χ2n) is 4.99. The standard InChI is InChI=1S/C13H23N3O/c1-4-7-13(8-5-10-15-13)12(17)16(3)11(2)6-9-14/h11,15H,4-8,10H2,1-3H3. The van der Waals surface area contributed by atoms with Crippen LogP contribution in [0.25, 0.3) is 0 Å². The Kier molecular flexibility index (Phi) is 4.95. The van der Waals surface area contributed by atoms with Crippen LogP contribution in [0.3, 0.4) is 0 Å². The van der Waals surface area contributed by atoms with E-state index in [2.05, 4.69) is 18.3 Å². The van der Waals surface area contributed by atoms with E-state index in [0.717, 1.165) is 32.2 Å². The third-order valence-corrected chi connectivity index (χ3v) is 3.70. The summed E-state index contributed by atoms with van der Waals surface area (Å²) in [6.45, 7) is 4.95. The van der Waals surface area contributed by atoms with Crippen molar-refractivity contribution in [2.75, 3.05) is 13.6 Å². The van der Waals surface area contributed by atoms with E-state index in [0.29, 0.717) is 6.42 Å². The molecule has 96 valence electrons. The van der Waals surface area contributed by atoms with E-state index in [1.165, 1.54) is 0 Å². The van der Waals surface area contributed by atoms with Gasteiger partial charge in [-0.2, -0.15) is 5.26 Å². The molecule has 1 aliphatic rings. The molecule has 1 saturated heterocycles. The summed E-state index contributed by atoms with van der Waals surface area (Å²) in [5, 5.41) is 12.1. The van der Waals surface area contributed by atoms with Crippen molar-refractivity contribution >= 4 is 5.91 Å². The van der Waals surface area contributed by atoms with Crippen LogP contribution in [0, 0.1) is 11.3 Å². The summed E-state index contributed by atoms with van der Waals surface area (Å²) in [6.07, 6.45) is 4.26. The van der Waals surface area contributed by atoms with Gasteiger partial charge in [0.15, 0.2) is 0 Å². The topological polar surface area (TPSA) is 56.1 Å². The van der Waals surface area contributed by atoms with Crippen LogP contribution in [0.1, 0.15) is 46.0 Å². The van der Waals surface area contributed by atoms with Gasteiger partial charge in [0, 0.05) is 13.1 Å². The number of rotatable bonds is 5. The molecule has 0 spiro atoms. The molecule has 1 amide bonds. The Balaban J connectivity index is 2.75. The number of carbonyl (C=O) groups is 1. The van der Waals surface area contributed by atoms with Gasteiger partial charge in [0.25, 0.3) is 0 Å². The molecule has 1 rings (SSSR count). The molecule has 1 heterocycles. The van der Waals surface area contributed by atoms with Gasteiger partial charge in [-0.25, -0.2) is 0 Å². The second kappa shape index (κ2) is 6.02. The van der Waals surface area contributed by atoms with Gasteiger partial charge in [-0.1, -0.05) is 13.3 Å². The Morgan fingerprint density at radius 2 is 2.35 bits per heavy atom. The maximum Gasteiger partial charge on any atom is 0.242 e. The molecule has 17 heavy (non-hydrogen) atoms. The number of carbonyl (C=O) groups excluding carboxylic acids is 1. The van der Waals surface area contributed by atoms with Gasteiger partial charge in [0.05, 0.1) is 18.0 Å². The quantitative estimate of drug-likeness (QED) is 0.791. The number of hydrogen-bond donors (Lipinski definition) is 1. The fourth-order valence-electron chi connectivity index (χ4n) is 2.54. The lowest BCUT2D eigenvalue weighted by Crippen LogP contribution is -2.55. The fraction of sp³-hybridized carbons (Fsp3) is 0.846. The van der Waals surface area contributed by atoms with E-state index in [1.807, 2.05) is 14.0 Å². The molecule has 0 saturated carbocycles. The van der Waals surface area contributed by atoms with Crippen LogP contribution in [0.15, 0.2) is 0 Å². The highest BCUT2D eigenvalue weighted by Gasteiger charge is 2.42. The highest BCUT2D eigenvalue weighted by atomic mass is 16.2. The van der Waals surface area contributed by atoms with Crippen molar-refractivity contribution in [3.63, 3.8) is 0 Å². The number of nitriles is 1. The lowest BCUT2D eigenvalue weighted by molar-refractivity contribution is -0.138. The van der Waals surface area contributed by atoms with Crippen molar-refractivity contribution in [3.8, 4) is 6.07 Å². The smallest absolute Gasteiger partial charge is 0.242 e. The number of nitrogens with one attached hydrogen (secondary N) is 1. The molecule has 0 bridgehead atoms. The molecule has 0 aromatic rings. The van der Waals surface area contributed by atoms with Crippen LogP contribution in [-0.4, -0.2) is 36.0 Å². The zero-order chi connectivity index (χ0) is 12.9. The molecule has 2 unspecified atom stereocenters. The molecule has 0 aliphatic carbocycles. The highest BCUT2D eigenvalue weighted by Crippen LogP contribution is 2.27. The molecule has 1 fully saturated rings. The van der Waals surface area contributed by atoms with Crippen LogP contribution in [0.4, 0.5) is 0 Å². The molecule has 4 nitrogen and oxygen atoms in total. The Labute approximate surface area is 104 Å². The largest absolute Gasteiger partial charge is 0.340 e. The highest BCUT2D eigenvalue weighted by molar-refractivity contribution is 5.86. The van der Waals surface area contributed by atoms with Crippen molar-refractivity contribution in [1.82, 2.24) is 10.2 Å². The summed E-state index contributed by atoms with van der Waals surface area (Å²) in [7, 11) is 1.81. The minimum absolute atomic E-state index is 0.0105. The average molecular weight is 237 g/mol. The maximum absolute atomic E-state index is 12.5. The third kappa shape index (κ3) is 2.98. The van der Waals surface area contributed by atoms with E-state index in [9.17, 15) is 4.79 Å². The molecule has 1 aliphatic heterocycles. The van der Waals surface area contributed by atoms with Crippen LogP contribution < -0.4 is 5.32 Å². The lowest BCUT2D eigenvalue weighted by Gasteiger charge is -2.35. The number of hydrogen-bond acceptors (Lipinski definition) is 3. The Morgan fingerprint density at radius 1 is 1.65 bits per heavy atom. The van der Waals surface area contributed by atoms with E-state index in [4.69, 9.17) is 5.26 Å². The molecular weight excluding hydrogens is 214 g/mol. The van der Waals surface area contributed by atoms with Gasteiger partial charge < -0.3 is 10.2 Å². The van der Waals surface area contributed by atoms with Crippen LogP contribution >= 0.6 is 0 Å². The first-order valence-corrected chi connectivity index (χ1v) is 6.46. The third-order valence-electron chi connectivity index (χ3n) is 3.70. The molecule has 0 aromatic carbocycles. The van der Waals surface area contributed by atoms with E-state index in [1.54, 1.807) is 4.90 Å². The molecule has 0 aromatic heterocycles. The Morgan fingerprint density at radius 3 is 2.82 bits per heavy atom. The molecule has 2 atom stereocenters. The predicted molar refractivity (Wildman–Crippen MR) is 67.3 cm³/mol. The first-order chi connectivity index (χ1) is 8.07. The van der Waals surface area contributed by atoms with E-state index >= 15 is 0 Å². The van der Waals surface area contributed by atoms with Gasteiger partial charge in [-0.15, -0.1) is 0 Å². The van der Waals surface area contributed by atoms with E-state index < -0.39 is 0 Å². The molecular formula is C13H23N3O. The minimum atomic E-state index is -0.368. The SMILES string of the molecule is CCCC1(C(=O)N(C)C(C)CC#N)CCCN1. The van der Waals surface area contributed by atoms with Crippen LogP contribution in [-0.2, 0) is 4.79 Å². The average Bonchev–Trinajstić information content (AvgIpc) is 2.77. The lowest BCUT2D eigenvalue weighted by atomic mass is 9.90. The van der Waals surface area contributed by atoms with Crippen molar-refractivity contribution in [2.45, 2.75) is 57.5 Å². The van der Waals surface area contributed by atoms with Gasteiger partial charge in [0.1, 0.15) is 0 Å². The summed E-state index contributed by atoms with van der Waals surface area (Å²) >= 11 is 0. The zero-order valence-electron chi connectivity index (χ0n) is 11.1. The van der Waals surface area contributed by atoms with Crippen molar-refractivity contribution in [2.24, 2.45) is 0 Å². The normalized spacial score (nSPS) is 25.3. The van der Waals surface area contributed by atoms with Gasteiger partial charge in [-0.3, -0.25) is 4.79 Å². The van der Waals surface area contributed by atoms with Crippen molar-refractivity contribution < 1.29 is 4.79 Å². The fourth-order valence-corrected chi connectivity index (χ4v) is 2.54.